The molecule has 0 atom stereocenters. The summed E-state index contributed by atoms with van der Waals surface area (Å²) >= 11 is 3.36. The van der Waals surface area contributed by atoms with Gasteiger partial charge >= 0.3 is 0 Å². The minimum Gasteiger partial charge on any atom is -0.496 e. The molecule has 132 valence electrons. The van der Waals surface area contributed by atoms with E-state index in [9.17, 15) is 9.59 Å². The van der Waals surface area contributed by atoms with Crippen LogP contribution in [0.25, 0.3) is 0 Å². The number of anilines is 1. The van der Waals surface area contributed by atoms with E-state index in [1.54, 1.807) is 49.6 Å². The predicted octanol–water partition coefficient (Wildman–Crippen LogP) is 4.24. The first-order valence-electron chi connectivity index (χ1n) is 7.77. The predicted molar refractivity (Wildman–Crippen MR) is 102 cm³/mol. The standard InChI is InChI=1S/C19H21BrN2O3/c1-19(2,3)22-18(24)12-6-5-7-14(10-12)21-17(23)13-8-9-16(25-4)15(20)11-13/h5-11H,1-4H3,(H,21,23)(H,22,24). The zero-order valence-corrected chi connectivity index (χ0v) is 16.2. The Bertz CT molecular complexity index is 797. The summed E-state index contributed by atoms with van der Waals surface area (Å²) in [5, 5.41) is 5.70. The number of benzene rings is 2. The molecule has 2 N–H and O–H groups in total. The van der Waals surface area contributed by atoms with Crippen LogP contribution in [0.4, 0.5) is 5.69 Å². The zero-order chi connectivity index (χ0) is 18.6. The van der Waals surface area contributed by atoms with Crippen LogP contribution in [-0.4, -0.2) is 24.5 Å². The molecule has 5 nitrogen and oxygen atoms in total. The molecule has 25 heavy (non-hydrogen) atoms. The third-order valence-corrected chi connectivity index (χ3v) is 3.90. The van der Waals surface area contributed by atoms with Crippen molar-refractivity contribution in [2.24, 2.45) is 0 Å². The molecule has 0 heterocycles. The Morgan fingerprint density at radius 3 is 2.28 bits per heavy atom. The highest BCUT2D eigenvalue weighted by atomic mass is 79.9. The highest BCUT2D eigenvalue weighted by Gasteiger charge is 2.16. The highest BCUT2D eigenvalue weighted by molar-refractivity contribution is 9.10. The number of amides is 2. The van der Waals surface area contributed by atoms with E-state index in [0.29, 0.717) is 27.0 Å². The van der Waals surface area contributed by atoms with Crippen LogP contribution in [-0.2, 0) is 0 Å². The maximum absolute atomic E-state index is 12.4. The second-order valence-electron chi connectivity index (χ2n) is 6.59. The topological polar surface area (TPSA) is 67.4 Å². The molecule has 0 fully saturated rings. The van der Waals surface area contributed by atoms with E-state index in [2.05, 4.69) is 26.6 Å². The van der Waals surface area contributed by atoms with Crippen LogP contribution in [0, 0.1) is 0 Å². The number of carbonyl (C=O) groups is 2. The van der Waals surface area contributed by atoms with Crippen molar-refractivity contribution in [1.29, 1.82) is 0 Å². The molecule has 0 aliphatic rings. The second kappa shape index (κ2) is 7.70. The van der Waals surface area contributed by atoms with Crippen LogP contribution in [0.3, 0.4) is 0 Å². The van der Waals surface area contributed by atoms with Gasteiger partial charge in [-0.3, -0.25) is 9.59 Å². The van der Waals surface area contributed by atoms with E-state index in [-0.39, 0.29) is 17.4 Å². The first-order chi connectivity index (χ1) is 11.7. The van der Waals surface area contributed by atoms with E-state index in [1.165, 1.54) is 0 Å². The number of hydrogen-bond donors (Lipinski definition) is 2. The number of methoxy groups -OCH3 is 1. The molecule has 0 unspecified atom stereocenters. The molecular formula is C19H21BrN2O3. The average Bonchev–Trinajstić information content (AvgIpc) is 2.53. The van der Waals surface area contributed by atoms with Crippen molar-refractivity contribution >= 4 is 33.4 Å². The van der Waals surface area contributed by atoms with Crippen molar-refractivity contribution in [1.82, 2.24) is 5.32 Å². The lowest BCUT2D eigenvalue weighted by molar-refractivity contribution is 0.0918. The Hall–Kier alpha value is -2.34. The molecule has 0 spiro atoms. The Labute approximate surface area is 155 Å². The minimum atomic E-state index is -0.328. The van der Waals surface area contributed by atoms with E-state index in [0.717, 1.165) is 0 Å². The van der Waals surface area contributed by atoms with Crippen LogP contribution in [0.5, 0.6) is 5.75 Å². The quantitative estimate of drug-likeness (QED) is 0.800. The van der Waals surface area contributed by atoms with E-state index in [1.807, 2.05) is 20.8 Å². The Balaban J connectivity index is 2.15. The Morgan fingerprint density at radius 2 is 1.68 bits per heavy atom. The maximum atomic E-state index is 12.4. The number of carbonyl (C=O) groups excluding carboxylic acids is 2. The second-order valence-corrected chi connectivity index (χ2v) is 7.44. The normalized spacial score (nSPS) is 10.9. The summed E-state index contributed by atoms with van der Waals surface area (Å²) < 4.78 is 5.85. The summed E-state index contributed by atoms with van der Waals surface area (Å²) in [7, 11) is 1.56. The summed E-state index contributed by atoms with van der Waals surface area (Å²) in [5.74, 6) is 0.199. The summed E-state index contributed by atoms with van der Waals surface area (Å²) in [6.45, 7) is 5.74. The summed E-state index contributed by atoms with van der Waals surface area (Å²) in [5.41, 5.74) is 1.20. The molecular weight excluding hydrogens is 384 g/mol. The van der Waals surface area contributed by atoms with Gasteiger partial charge in [-0.2, -0.15) is 0 Å². The molecule has 0 aliphatic heterocycles. The van der Waals surface area contributed by atoms with Gasteiger partial charge in [0.05, 0.1) is 11.6 Å². The molecule has 2 rings (SSSR count). The fraction of sp³-hybridized carbons (Fsp3) is 0.263. The number of ether oxygens (including phenoxy) is 1. The van der Waals surface area contributed by atoms with Crippen LogP contribution in [0.1, 0.15) is 41.5 Å². The van der Waals surface area contributed by atoms with Gasteiger partial charge in [-0.15, -0.1) is 0 Å². The third-order valence-electron chi connectivity index (χ3n) is 3.29. The third kappa shape index (κ3) is 5.32. The highest BCUT2D eigenvalue weighted by Crippen LogP contribution is 2.26. The minimum absolute atomic E-state index is 0.184. The lowest BCUT2D eigenvalue weighted by Gasteiger charge is -2.20. The Morgan fingerprint density at radius 1 is 1.00 bits per heavy atom. The number of rotatable bonds is 4. The molecule has 0 saturated heterocycles. The maximum Gasteiger partial charge on any atom is 0.255 e. The van der Waals surface area contributed by atoms with Crippen molar-refractivity contribution < 1.29 is 14.3 Å². The molecule has 0 aromatic heterocycles. The van der Waals surface area contributed by atoms with E-state index in [4.69, 9.17) is 4.74 Å². The van der Waals surface area contributed by atoms with Crippen molar-refractivity contribution in [2.45, 2.75) is 26.3 Å². The molecule has 2 amide bonds. The molecule has 2 aromatic rings. The fourth-order valence-corrected chi connectivity index (χ4v) is 2.70. The smallest absolute Gasteiger partial charge is 0.255 e. The molecule has 0 bridgehead atoms. The molecule has 0 radical (unpaired) electrons. The SMILES string of the molecule is COc1ccc(C(=O)Nc2cccc(C(=O)NC(C)(C)C)c2)cc1Br. The van der Waals surface area contributed by atoms with Crippen LogP contribution in [0.15, 0.2) is 46.9 Å². The van der Waals surface area contributed by atoms with Crippen molar-refractivity contribution in [2.75, 3.05) is 12.4 Å². The zero-order valence-electron chi connectivity index (χ0n) is 14.6. The number of halogens is 1. The molecule has 0 saturated carbocycles. The summed E-state index contributed by atoms with van der Waals surface area (Å²) in [4.78, 5) is 24.6. The van der Waals surface area contributed by atoms with Gasteiger partial charge in [0, 0.05) is 22.4 Å². The van der Waals surface area contributed by atoms with Gasteiger partial charge < -0.3 is 15.4 Å². The molecule has 2 aromatic carbocycles. The van der Waals surface area contributed by atoms with Gasteiger partial charge in [-0.25, -0.2) is 0 Å². The van der Waals surface area contributed by atoms with Gasteiger partial charge in [0.25, 0.3) is 11.8 Å². The summed E-state index contributed by atoms with van der Waals surface area (Å²) in [6.07, 6.45) is 0. The number of hydrogen-bond acceptors (Lipinski definition) is 3. The van der Waals surface area contributed by atoms with Gasteiger partial charge in [0.15, 0.2) is 0 Å². The first-order valence-corrected chi connectivity index (χ1v) is 8.56. The summed E-state index contributed by atoms with van der Waals surface area (Å²) in [6, 6.07) is 11.9. The molecule has 0 aliphatic carbocycles. The van der Waals surface area contributed by atoms with Gasteiger partial charge in [0.2, 0.25) is 0 Å². The fourth-order valence-electron chi connectivity index (χ4n) is 2.16. The number of nitrogens with one attached hydrogen (secondary N) is 2. The lowest BCUT2D eigenvalue weighted by Crippen LogP contribution is -2.40. The first kappa shape index (κ1) is 19.0. The van der Waals surface area contributed by atoms with Crippen LogP contribution in [0.2, 0.25) is 0 Å². The van der Waals surface area contributed by atoms with Gasteiger partial charge in [-0.1, -0.05) is 6.07 Å². The lowest BCUT2D eigenvalue weighted by atomic mass is 10.1. The van der Waals surface area contributed by atoms with Crippen molar-refractivity contribution in [3.05, 3.63) is 58.1 Å². The van der Waals surface area contributed by atoms with Crippen LogP contribution < -0.4 is 15.4 Å². The average molecular weight is 405 g/mol. The van der Waals surface area contributed by atoms with Crippen molar-refractivity contribution in [3.63, 3.8) is 0 Å². The Kier molecular flexibility index (Phi) is 5.85. The van der Waals surface area contributed by atoms with E-state index >= 15 is 0 Å². The van der Waals surface area contributed by atoms with Crippen LogP contribution >= 0.6 is 15.9 Å². The monoisotopic (exact) mass is 404 g/mol. The largest absolute Gasteiger partial charge is 0.496 e. The van der Waals surface area contributed by atoms with Gasteiger partial charge in [-0.05, 0) is 73.1 Å². The molecule has 6 heteroatoms. The van der Waals surface area contributed by atoms with Crippen molar-refractivity contribution in [3.8, 4) is 5.75 Å². The van der Waals surface area contributed by atoms with E-state index < -0.39 is 0 Å². The van der Waals surface area contributed by atoms with Gasteiger partial charge in [0.1, 0.15) is 5.75 Å².